The number of para-hydroxylation sites is 1. The summed E-state index contributed by atoms with van der Waals surface area (Å²) in [4.78, 5) is -0.0414. The molecule has 0 saturated heterocycles. The maximum absolute atomic E-state index is 12.7. The summed E-state index contributed by atoms with van der Waals surface area (Å²) in [5.74, 6) is -0.0590. The number of nitrogens with two attached hydrogens (primary N) is 1. The number of hydrogen-bond acceptors (Lipinski definition) is 5. The van der Waals surface area contributed by atoms with Crippen LogP contribution in [0.25, 0.3) is 0 Å². The topological polar surface area (TPSA) is 105 Å². The Balaban J connectivity index is 2.62. The van der Waals surface area contributed by atoms with Gasteiger partial charge in [-0.25, -0.2) is 8.42 Å². The number of aromatic nitrogens is 2. The Kier molecular flexibility index (Phi) is 3.61. The van der Waals surface area contributed by atoms with E-state index in [2.05, 4.69) is 5.10 Å². The lowest BCUT2D eigenvalue weighted by Crippen LogP contribution is -2.28. The zero-order valence-electron chi connectivity index (χ0n) is 11.9. The largest absolute Gasteiger partial charge is 0.381 e. The molecule has 0 radical (unpaired) electrons. The van der Waals surface area contributed by atoms with Gasteiger partial charge in [-0.15, -0.1) is 0 Å². The zero-order chi connectivity index (χ0) is 15.8. The van der Waals surface area contributed by atoms with Crippen molar-refractivity contribution in [1.82, 2.24) is 9.78 Å². The van der Waals surface area contributed by atoms with E-state index in [-0.39, 0.29) is 16.3 Å². The van der Waals surface area contributed by atoms with Crippen LogP contribution in [0.2, 0.25) is 0 Å². The van der Waals surface area contributed by atoms with Gasteiger partial charge in [0.25, 0.3) is 10.0 Å². The average molecular weight is 305 g/mol. The van der Waals surface area contributed by atoms with Crippen LogP contribution in [0.3, 0.4) is 0 Å². The van der Waals surface area contributed by atoms with E-state index in [9.17, 15) is 8.42 Å². The summed E-state index contributed by atoms with van der Waals surface area (Å²) in [5.41, 5.74) is 6.71. The van der Waals surface area contributed by atoms with Crippen molar-refractivity contribution in [3.8, 4) is 6.07 Å². The van der Waals surface area contributed by atoms with E-state index in [0.717, 1.165) is 4.31 Å². The van der Waals surface area contributed by atoms with Gasteiger partial charge in [-0.3, -0.25) is 8.99 Å². The van der Waals surface area contributed by atoms with Gasteiger partial charge in [0, 0.05) is 14.1 Å². The number of hydrogen-bond donors (Lipinski definition) is 1. The molecule has 21 heavy (non-hydrogen) atoms. The minimum Gasteiger partial charge on any atom is -0.381 e. The Bertz CT molecular complexity index is 833. The van der Waals surface area contributed by atoms with Crippen LogP contribution in [-0.2, 0) is 17.1 Å². The van der Waals surface area contributed by atoms with Crippen molar-refractivity contribution in [1.29, 1.82) is 5.26 Å². The third kappa shape index (κ3) is 2.32. The van der Waals surface area contributed by atoms with Crippen LogP contribution in [0.5, 0.6) is 0 Å². The van der Waals surface area contributed by atoms with E-state index in [1.165, 1.54) is 11.7 Å². The third-order valence-electron chi connectivity index (χ3n) is 3.29. The fraction of sp³-hybridized carbons (Fsp3) is 0.231. The highest BCUT2D eigenvalue weighted by Gasteiger charge is 2.30. The van der Waals surface area contributed by atoms with Crippen LogP contribution in [0.4, 0.5) is 11.5 Å². The Labute approximate surface area is 123 Å². The number of nitrogen functional groups attached to an aromatic ring is 1. The molecule has 0 spiro atoms. The first kappa shape index (κ1) is 14.9. The average Bonchev–Trinajstić information content (AvgIpc) is 2.71. The highest BCUT2D eigenvalue weighted by atomic mass is 32.2. The highest BCUT2D eigenvalue weighted by Crippen LogP contribution is 2.29. The van der Waals surface area contributed by atoms with Crippen molar-refractivity contribution in [3.05, 3.63) is 35.5 Å². The summed E-state index contributed by atoms with van der Waals surface area (Å²) in [6.45, 7) is 1.63. The Morgan fingerprint density at radius 3 is 2.52 bits per heavy atom. The number of sulfonamides is 1. The van der Waals surface area contributed by atoms with Crippen LogP contribution in [0.1, 0.15) is 11.3 Å². The van der Waals surface area contributed by atoms with E-state index in [4.69, 9.17) is 11.0 Å². The van der Waals surface area contributed by atoms with Gasteiger partial charge >= 0.3 is 0 Å². The van der Waals surface area contributed by atoms with Gasteiger partial charge < -0.3 is 5.73 Å². The predicted molar refractivity (Wildman–Crippen MR) is 79.1 cm³/mol. The van der Waals surface area contributed by atoms with Gasteiger partial charge in [0.15, 0.2) is 10.7 Å². The molecule has 0 fully saturated rings. The van der Waals surface area contributed by atoms with Gasteiger partial charge in [-0.1, -0.05) is 12.1 Å². The van der Waals surface area contributed by atoms with E-state index in [1.807, 2.05) is 6.07 Å². The van der Waals surface area contributed by atoms with E-state index < -0.39 is 10.0 Å². The molecule has 0 bridgehead atoms. The number of rotatable bonds is 3. The van der Waals surface area contributed by atoms with Crippen molar-refractivity contribution in [2.75, 3.05) is 17.1 Å². The second-order valence-corrected chi connectivity index (χ2v) is 6.43. The highest BCUT2D eigenvalue weighted by molar-refractivity contribution is 7.93. The fourth-order valence-corrected chi connectivity index (χ4v) is 3.54. The Hall–Kier alpha value is -2.53. The molecule has 0 unspecified atom stereocenters. The monoisotopic (exact) mass is 305 g/mol. The second kappa shape index (κ2) is 5.10. The van der Waals surface area contributed by atoms with Crippen LogP contribution >= 0.6 is 0 Å². The molecular weight excluding hydrogens is 290 g/mol. The van der Waals surface area contributed by atoms with Crippen molar-refractivity contribution in [3.63, 3.8) is 0 Å². The fourth-order valence-electron chi connectivity index (χ4n) is 2.04. The first-order valence-electron chi connectivity index (χ1n) is 6.07. The molecule has 110 valence electrons. The molecule has 1 heterocycles. The number of aryl methyl sites for hydroxylation is 1. The van der Waals surface area contributed by atoms with Gasteiger partial charge in [0.05, 0.1) is 16.9 Å². The standard InChI is InChI=1S/C13H15N5O2S/c1-9-12(13(15)16-17(9)2)21(19,20)18(3)11-7-5-4-6-10(11)8-14/h4-7H,1-3H3,(H2,15,16). The number of nitrogens with zero attached hydrogens (tertiary/aromatic N) is 4. The smallest absolute Gasteiger partial charge is 0.269 e. The number of anilines is 2. The molecule has 0 amide bonds. The quantitative estimate of drug-likeness (QED) is 0.911. The molecule has 1 aromatic heterocycles. The van der Waals surface area contributed by atoms with E-state index in [0.29, 0.717) is 11.4 Å². The SMILES string of the molecule is Cc1c(S(=O)(=O)N(C)c2ccccc2C#N)c(N)nn1C. The number of benzene rings is 1. The van der Waals surface area contributed by atoms with Gasteiger partial charge in [-0.05, 0) is 19.1 Å². The van der Waals surface area contributed by atoms with Crippen LogP contribution < -0.4 is 10.0 Å². The molecule has 0 saturated carbocycles. The summed E-state index contributed by atoms with van der Waals surface area (Å²) in [5, 5.41) is 13.0. The molecule has 0 aliphatic carbocycles. The maximum atomic E-state index is 12.7. The molecule has 2 N–H and O–H groups in total. The van der Waals surface area contributed by atoms with Crippen molar-refractivity contribution in [2.24, 2.45) is 7.05 Å². The van der Waals surface area contributed by atoms with Gasteiger partial charge in [0.1, 0.15) is 6.07 Å². The minimum absolute atomic E-state index is 0.0414. The first-order chi connectivity index (χ1) is 9.80. The molecule has 2 aromatic rings. The van der Waals surface area contributed by atoms with Crippen LogP contribution in [0, 0.1) is 18.3 Å². The van der Waals surface area contributed by atoms with Crippen molar-refractivity contribution >= 4 is 21.5 Å². The summed E-state index contributed by atoms with van der Waals surface area (Å²) in [7, 11) is -0.886. The van der Waals surface area contributed by atoms with Crippen LogP contribution in [-0.4, -0.2) is 25.2 Å². The van der Waals surface area contributed by atoms with E-state index >= 15 is 0 Å². The first-order valence-corrected chi connectivity index (χ1v) is 7.51. The van der Waals surface area contributed by atoms with Crippen molar-refractivity contribution < 1.29 is 8.42 Å². The second-order valence-electron chi connectivity index (χ2n) is 4.52. The lowest BCUT2D eigenvalue weighted by Gasteiger charge is -2.20. The van der Waals surface area contributed by atoms with Gasteiger partial charge in [-0.2, -0.15) is 10.4 Å². The summed E-state index contributed by atoms with van der Waals surface area (Å²) in [6.07, 6.45) is 0. The Morgan fingerprint density at radius 1 is 1.38 bits per heavy atom. The minimum atomic E-state index is -3.89. The third-order valence-corrected chi connectivity index (χ3v) is 5.22. The summed E-state index contributed by atoms with van der Waals surface area (Å²) in [6, 6.07) is 8.44. The summed E-state index contributed by atoms with van der Waals surface area (Å²) >= 11 is 0. The maximum Gasteiger partial charge on any atom is 0.269 e. The molecule has 0 aliphatic heterocycles. The van der Waals surface area contributed by atoms with Crippen LogP contribution in [0.15, 0.2) is 29.2 Å². The molecular formula is C13H15N5O2S. The summed E-state index contributed by atoms with van der Waals surface area (Å²) < 4.78 is 27.9. The van der Waals surface area contributed by atoms with Gasteiger partial charge in [0.2, 0.25) is 0 Å². The lowest BCUT2D eigenvalue weighted by molar-refractivity contribution is 0.593. The molecule has 1 aromatic carbocycles. The molecule has 0 atom stereocenters. The molecule has 2 rings (SSSR count). The number of nitriles is 1. The molecule has 8 heteroatoms. The molecule has 7 nitrogen and oxygen atoms in total. The predicted octanol–water partition coefficient (Wildman–Crippen LogP) is 1.01. The zero-order valence-corrected chi connectivity index (χ0v) is 12.7. The normalized spacial score (nSPS) is 11.1. The lowest BCUT2D eigenvalue weighted by atomic mass is 10.2. The van der Waals surface area contributed by atoms with Crippen molar-refractivity contribution in [2.45, 2.75) is 11.8 Å². The van der Waals surface area contributed by atoms with E-state index in [1.54, 1.807) is 38.2 Å². The molecule has 0 aliphatic rings. The Morgan fingerprint density at radius 2 is 2.00 bits per heavy atom.